The van der Waals surface area contributed by atoms with E-state index in [1.165, 1.54) is 6.07 Å². The van der Waals surface area contributed by atoms with Crippen molar-refractivity contribution in [1.82, 2.24) is 0 Å². The third-order valence-corrected chi connectivity index (χ3v) is 3.08. The summed E-state index contributed by atoms with van der Waals surface area (Å²) >= 11 is 6.01. The lowest BCUT2D eigenvalue weighted by Crippen LogP contribution is -1.98. The Kier molecular flexibility index (Phi) is 3.57. The first kappa shape index (κ1) is 13.2. The minimum atomic E-state index is -0.478. The van der Waals surface area contributed by atoms with Gasteiger partial charge in [0.05, 0.1) is 4.92 Å². The van der Waals surface area contributed by atoms with Gasteiger partial charge in [0.2, 0.25) is 0 Å². The van der Waals surface area contributed by atoms with E-state index in [9.17, 15) is 10.1 Å². The van der Waals surface area contributed by atoms with Crippen molar-refractivity contribution in [1.29, 1.82) is 0 Å². The van der Waals surface area contributed by atoms with Crippen LogP contribution in [-0.2, 0) is 0 Å². The summed E-state index contributed by atoms with van der Waals surface area (Å²) in [6, 6.07) is 9.86. The van der Waals surface area contributed by atoms with Gasteiger partial charge in [0.15, 0.2) is 0 Å². The Labute approximate surface area is 115 Å². The number of hydrogen-bond acceptors (Lipinski definition) is 4. The van der Waals surface area contributed by atoms with Gasteiger partial charge < -0.3 is 11.1 Å². The Hall–Kier alpha value is -2.27. The lowest BCUT2D eigenvalue weighted by Gasteiger charge is -2.09. The number of anilines is 3. The van der Waals surface area contributed by atoms with Crippen molar-refractivity contribution in [3.8, 4) is 0 Å². The molecule has 2 aromatic rings. The Morgan fingerprint density at radius 3 is 2.63 bits per heavy atom. The molecule has 0 aliphatic rings. The zero-order valence-corrected chi connectivity index (χ0v) is 10.9. The smallest absolute Gasteiger partial charge is 0.294 e. The van der Waals surface area contributed by atoms with E-state index in [1.807, 2.05) is 13.0 Å². The SMILES string of the molecule is Cc1ccc(Nc2ccc(N)cc2[N+](=O)[O-])cc1Cl. The van der Waals surface area contributed by atoms with Gasteiger partial charge in [-0.1, -0.05) is 17.7 Å². The van der Waals surface area contributed by atoms with Crippen LogP contribution in [0.2, 0.25) is 5.02 Å². The van der Waals surface area contributed by atoms with Gasteiger partial charge in [-0.05, 0) is 36.8 Å². The number of nitrogen functional groups attached to an aromatic ring is 1. The topological polar surface area (TPSA) is 81.2 Å². The minimum Gasteiger partial charge on any atom is -0.399 e. The lowest BCUT2D eigenvalue weighted by molar-refractivity contribution is -0.383. The van der Waals surface area contributed by atoms with Crippen molar-refractivity contribution in [2.45, 2.75) is 6.92 Å². The van der Waals surface area contributed by atoms with E-state index in [-0.39, 0.29) is 5.69 Å². The second kappa shape index (κ2) is 5.16. The van der Waals surface area contributed by atoms with Crippen LogP contribution in [0.3, 0.4) is 0 Å². The fourth-order valence-corrected chi connectivity index (χ4v) is 1.81. The van der Waals surface area contributed by atoms with Crippen LogP contribution in [0.1, 0.15) is 5.56 Å². The monoisotopic (exact) mass is 277 g/mol. The summed E-state index contributed by atoms with van der Waals surface area (Å²) in [5.41, 5.74) is 7.82. The summed E-state index contributed by atoms with van der Waals surface area (Å²) in [4.78, 5) is 10.5. The molecule has 2 aromatic carbocycles. The molecule has 0 aromatic heterocycles. The zero-order valence-electron chi connectivity index (χ0n) is 10.2. The number of hydrogen-bond donors (Lipinski definition) is 2. The molecule has 0 amide bonds. The molecule has 5 nitrogen and oxygen atoms in total. The maximum Gasteiger partial charge on any atom is 0.294 e. The maximum atomic E-state index is 11.0. The van der Waals surface area contributed by atoms with E-state index in [4.69, 9.17) is 17.3 Å². The highest BCUT2D eigenvalue weighted by atomic mass is 35.5. The average Bonchev–Trinajstić information content (AvgIpc) is 2.36. The number of aryl methyl sites for hydroxylation is 1. The van der Waals surface area contributed by atoms with Crippen molar-refractivity contribution in [3.63, 3.8) is 0 Å². The van der Waals surface area contributed by atoms with Crippen molar-refractivity contribution in [3.05, 3.63) is 57.1 Å². The number of halogens is 1. The van der Waals surface area contributed by atoms with Gasteiger partial charge in [0, 0.05) is 22.5 Å². The molecule has 0 aliphatic carbocycles. The molecule has 0 aliphatic heterocycles. The van der Waals surface area contributed by atoms with Crippen LogP contribution in [0, 0.1) is 17.0 Å². The first-order valence-corrected chi connectivity index (χ1v) is 5.92. The van der Waals surface area contributed by atoms with E-state index < -0.39 is 4.92 Å². The van der Waals surface area contributed by atoms with Gasteiger partial charge in [0.1, 0.15) is 5.69 Å². The van der Waals surface area contributed by atoms with Crippen LogP contribution in [0.5, 0.6) is 0 Å². The Morgan fingerprint density at radius 2 is 2.00 bits per heavy atom. The van der Waals surface area contributed by atoms with E-state index in [1.54, 1.807) is 24.3 Å². The molecular weight excluding hydrogens is 266 g/mol. The molecule has 98 valence electrons. The molecule has 0 atom stereocenters. The number of nitro benzene ring substituents is 1. The van der Waals surface area contributed by atoms with Gasteiger partial charge in [-0.2, -0.15) is 0 Å². The van der Waals surface area contributed by atoms with E-state index >= 15 is 0 Å². The Bertz CT molecular complexity index is 644. The molecule has 0 fully saturated rings. The zero-order chi connectivity index (χ0) is 14.0. The van der Waals surface area contributed by atoms with Crippen LogP contribution in [-0.4, -0.2) is 4.92 Å². The second-order valence-corrected chi connectivity index (χ2v) is 4.53. The van der Waals surface area contributed by atoms with Crippen molar-refractivity contribution >= 4 is 34.4 Å². The van der Waals surface area contributed by atoms with Gasteiger partial charge in [-0.25, -0.2) is 0 Å². The number of nitrogens with two attached hydrogens (primary N) is 1. The molecule has 2 rings (SSSR count). The highest BCUT2D eigenvalue weighted by Crippen LogP contribution is 2.30. The molecule has 0 spiro atoms. The molecule has 19 heavy (non-hydrogen) atoms. The standard InChI is InChI=1S/C13H12ClN3O2/c1-8-2-4-10(7-11(8)14)16-12-5-3-9(15)6-13(12)17(18)19/h2-7,16H,15H2,1H3. The number of benzene rings is 2. The van der Waals surface area contributed by atoms with Gasteiger partial charge >= 0.3 is 0 Å². The number of nitrogens with zero attached hydrogens (tertiary/aromatic N) is 1. The van der Waals surface area contributed by atoms with Gasteiger partial charge in [0.25, 0.3) is 5.69 Å². The third-order valence-electron chi connectivity index (χ3n) is 2.67. The molecular formula is C13H12ClN3O2. The summed E-state index contributed by atoms with van der Waals surface area (Å²) in [6.07, 6.45) is 0. The van der Waals surface area contributed by atoms with Crippen LogP contribution in [0.25, 0.3) is 0 Å². The molecule has 0 saturated heterocycles. The fraction of sp³-hybridized carbons (Fsp3) is 0.0769. The minimum absolute atomic E-state index is 0.0725. The van der Waals surface area contributed by atoms with E-state index in [2.05, 4.69) is 5.32 Å². The van der Waals surface area contributed by atoms with Crippen LogP contribution < -0.4 is 11.1 Å². The summed E-state index contributed by atoms with van der Waals surface area (Å²) in [5.74, 6) is 0. The van der Waals surface area contributed by atoms with Crippen molar-refractivity contribution in [2.24, 2.45) is 0 Å². The summed E-state index contributed by atoms with van der Waals surface area (Å²) in [7, 11) is 0. The molecule has 0 unspecified atom stereocenters. The normalized spacial score (nSPS) is 10.2. The van der Waals surface area contributed by atoms with Crippen LogP contribution in [0.15, 0.2) is 36.4 Å². The maximum absolute atomic E-state index is 11.0. The highest BCUT2D eigenvalue weighted by Gasteiger charge is 2.14. The predicted molar refractivity (Wildman–Crippen MR) is 77.0 cm³/mol. The Balaban J connectivity index is 2.37. The highest BCUT2D eigenvalue weighted by molar-refractivity contribution is 6.31. The summed E-state index contributed by atoms with van der Waals surface area (Å²) in [6.45, 7) is 1.89. The number of nitrogens with one attached hydrogen (secondary N) is 1. The van der Waals surface area contributed by atoms with Crippen molar-refractivity contribution < 1.29 is 4.92 Å². The van der Waals surface area contributed by atoms with E-state index in [0.29, 0.717) is 22.1 Å². The first-order valence-electron chi connectivity index (χ1n) is 5.54. The fourth-order valence-electron chi connectivity index (χ4n) is 1.63. The molecule has 6 heteroatoms. The lowest BCUT2D eigenvalue weighted by atomic mass is 10.2. The number of nitro groups is 1. The van der Waals surface area contributed by atoms with Crippen LogP contribution >= 0.6 is 11.6 Å². The molecule has 0 heterocycles. The molecule has 0 saturated carbocycles. The average molecular weight is 278 g/mol. The molecule has 0 bridgehead atoms. The third kappa shape index (κ3) is 2.95. The second-order valence-electron chi connectivity index (χ2n) is 4.12. The van der Waals surface area contributed by atoms with Gasteiger partial charge in [-0.3, -0.25) is 10.1 Å². The Morgan fingerprint density at radius 1 is 1.26 bits per heavy atom. The molecule has 3 N–H and O–H groups in total. The summed E-state index contributed by atoms with van der Waals surface area (Å²) in [5, 5.41) is 14.5. The predicted octanol–water partition coefficient (Wildman–Crippen LogP) is 3.88. The van der Waals surface area contributed by atoms with Crippen LogP contribution in [0.4, 0.5) is 22.7 Å². The quantitative estimate of drug-likeness (QED) is 0.507. The largest absolute Gasteiger partial charge is 0.399 e. The molecule has 0 radical (unpaired) electrons. The first-order chi connectivity index (χ1) is 8.97. The summed E-state index contributed by atoms with van der Waals surface area (Å²) < 4.78 is 0. The van der Waals surface area contributed by atoms with Crippen molar-refractivity contribution in [2.75, 3.05) is 11.1 Å². The van der Waals surface area contributed by atoms with E-state index in [0.717, 1.165) is 5.56 Å². The number of rotatable bonds is 3. The van der Waals surface area contributed by atoms with Gasteiger partial charge in [-0.15, -0.1) is 0 Å².